The van der Waals surface area contributed by atoms with Crippen LogP contribution < -0.4 is 0 Å². The minimum absolute atomic E-state index is 0.0803. The number of piperidine rings is 1. The number of pyridine rings is 1. The lowest BCUT2D eigenvalue weighted by atomic mass is 9.87. The Morgan fingerprint density at radius 1 is 1.17 bits per heavy atom. The molecule has 1 saturated heterocycles. The molecule has 0 atom stereocenters. The smallest absolute Gasteiger partial charge is 0.188 e. The van der Waals surface area contributed by atoms with E-state index in [2.05, 4.69) is 67.4 Å². The van der Waals surface area contributed by atoms with E-state index in [0.29, 0.717) is 17.5 Å². The zero-order valence-electron chi connectivity index (χ0n) is 20.9. The van der Waals surface area contributed by atoms with Crippen LogP contribution in [0.1, 0.15) is 61.0 Å². The summed E-state index contributed by atoms with van der Waals surface area (Å²) in [4.78, 5) is 11.9. The number of hydrogen-bond acceptors (Lipinski definition) is 7. The number of benzene rings is 1. The summed E-state index contributed by atoms with van der Waals surface area (Å²) in [5, 5.41) is 27.9. The zero-order chi connectivity index (χ0) is 24.8. The molecule has 1 aromatic carbocycles. The SMILES string of the molecule is CC(C)c1c(-c2cc(CO)c3ncnn3c2)[nH]c2ccc(C3CCN(Cc4nnn(C)n4)CC3)cc12. The first kappa shape index (κ1) is 22.8. The number of fused-ring (bicyclic) bond motifs is 2. The van der Waals surface area contributed by atoms with E-state index in [0.717, 1.165) is 60.6 Å². The van der Waals surface area contributed by atoms with Gasteiger partial charge in [0, 0.05) is 28.2 Å². The number of aromatic amines is 1. The van der Waals surface area contributed by atoms with Gasteiger partial charge in [-0.05, 0) is 72.3 Å². The second-order valence-corrected chi connectivity index (χ2v) is 10.1. The summed E-state index contributed by atoms with van der Waals surface area (Å²) in [6, 6.07) is 8.90. The summed E-state index contributed by atoms with van der Waals surface area (Å²) < 4.78 is 1.74. The number of hydrogen-bond donors (Lipinski definition) is 2. The van der Waals surface area contributed by atoms with Gasteiger partial charge in [-0.15, -0.1) is 10.2 Å². The Labute approximate surface area is 209 Å². The molecular formula is C26H31N9O. The second kappa shape index (κ2) is 9.11. The van der Waals surface area contributed by atoms with E-state index in [4.69, 9.17) is 0 Å². The first-order valence-corrected chi connectivity index (χ1v) is 12.5. The zero-order valence-corrected chi connectivity index (χ0v) is 20.9. The molecule has 0 radical (unpaired) electrons. The number of aliphatic hydroxyl groups is 1. The van der Waals surface area contributed by atoms with Crippen molar-refractivity contribution in [2.24, 2.45) is 7.05 Å². The van der Waals surface area contributed by atoms with Crippen LogP contribution in [0, 0.1) is 0 Å². The third kappa shape index (κ3) is 4.06. The van der Waals surface area contributed by atoms with E-state index >= 15 is 0 Å². The molecule has 0 spiro atoms. The molecule has 1 aliphatic heterocycles. The van der Waals surface area contributed by atoms with Crippen LogP contribution >= 0.6 is 0 Å². The fourth-order valence-electron chi connectivity index (χ4n) is 5.57. The van der Waals surface area contributed by atoms with Gasteiger partial charge in [0.2, 0.25) is 0 Å². The Morgan fingerprint density at radius 2 is 2.00 bits per heavy atom. The van der Waals surface area contributed by atoms with Crippen LogP contribution in [0.5, 0.6) is 0 Å². The highest BCUT2D eigenvalue weighted by atomic mass is 16.3. The Hall–Kier alpha value is -3.63. The Balaban J connectivity index is 1.30. The first-order chi connectivity index (χ1) is 17.5. The van der Waals surface area contributed by atoms with Gasteiger partial charge < -0.3 is 10.1 Å². The summed E-state index contributed by atoms with van der Waals surface area (Å²) >= 11 is 0. The number of tetrazole rings is 1. The van der Waals surface area contributed by atoms with E-state index in [1.54, 1.807) is 11.6 Å². The van der Waals surface area contributed by atoms with Crippen LogP contribution in [0.25, 0.3) is 27.8 Å². The van der Waals surface area contributed by atoms with Gasteiger partial charge in [-0.25, -0.2) is 9.50 Å². The van der Waals surface area contributed by atoms with Crippen molar-refractivity contribution >= 4 is 16.6 Å². The fraction of sp³-hybridized carbons (Fsp3) is 0.423. The van der Waals surface area contributed by atoms with Gasteiger partial charge in [-0.2, -0.15) is 9.90 Å². The normalized spacial score (nSPS) is 15.6. The van der Waals surface area contributed by atoms with Crippen LogP contribution in [0.15, 0.2) is 36.8 Å². The Morgan fingerprint density at radius 3 is 2.72 bits per heavy atom. The number of H-pyrrole nitrogens is 1. The van der Waals surface area contributed by atoms with Crippen molar-refractivity contribution in [1.29, 1.82) is 0 Å². The molecule has 0 aliphatic carbocycles. The van der Waals surface area contributed by atoms with Gasteiger partial charge >= 0.3 is 0 Å². The second-order valence-electron chi connectivity index (χ2n) is 10.1. The predicted molar refractivity (Wildman–Crippen MR) is 136 cm³/mol. The van der Waals surface area contributed by atoms with E-state index in [1.807, 2.05) is 12.3 Å². The molecule has 5 heterocycles. The van der Waals surface area contributed by atoms with Crippen molar-refractivity contribution in [3.63, 3.8) is 0 Å². The highest BCUT2D eigenvalue weighted by Crippen LogP contribution is 2.38. The van der Waals surface area contributed by atoms with Gasteiger partial charge in [0.25, 0.3) is 0 Å². The lowest BCUT2D eigenvalue weighted by molar-refractivity contribution is 0.200. The minimum atomic E-state index is -0.0803. The van der Waals surface area contributed by atoms with Gasteiger partial charge in [-0.1, -0.05) is 19.9 Å². The van der Waals surface area contributed by atoms with Gasteiger partial charge in [0.15, 0.2) is 11.5 Å². The number of nitrogens with one attached hydrogen (secondary N) is 1. The lowest BCUT2D eigenvalue weighted by Gasteiger charge is -2.31. The van der Waals surface area contributed by atoms with Gasteiger partial charge in [-0.3, -0.25) is 4.90 Å². The summed E-state index contributed by atoms with van der Waals surface area (Å²) in [5.41, 5.74) is 7.36. The lowest BCUT2D eigenvalue weighted by Crippen LogP contribution is -2.32. The maximum Gasteiger partial charge on any atom is 0.188 e. The molecule has 1 aliphatic rings. The average molecular weight is 486 g/mol. The van der Waals surface area contributed by atoms with E-state index in [9.17, 15) is 5.11 Å². The Bertz CT molecular complexity index is 1520. The molecule has 1 fully saturated rings. The maximum atomic E-state index is 9.92. The number of aromatic nitrogens is 8. The summed E-state index contributed by atoms with van der Waals surface area (Å²) in [6.07, 6.45) is 5.74. The molecule has 6 rings (SSSR count). The summed E-state index contributed by atoms with van der Waals surface area (Å²) in [7, 11) is 1.80. The number of nitrogens with zero attached hydrogens (tertiary/aromatic N) is 8. The van der Waals surface area contributed by atoms with E-state index in [-0.39, 0.29) is 6.61 Å². The molecule has 5 aromatic rings. The van der Waals surface area contributed by atoms with Crippen molar-refractivity contribution in [1.82, 2.24) is 44.7 Å². The van der Waals surface area contributed by atoms with Crippen molar-refractivity contribution in [3.05, 3.63) is 59.3 Å². The van der Waals surface area contributed by atoms with Crippen molar-refractivity contribution < 1.29 is 5.11 Å². The maximum absolute atomic E-state index is 9.92. The monoisotopic (exact) mass is 485 g/mol. The molecular weight excluding hydrogens is 454 g/mol. The number of likely N-dealkylation sites (tertiary alicyclic amines) is 1. The third-order valence-electron chi connectivity index (χ3n) is 7.32. The van der Waals surface area contributed by atoms with Crippen molar-refractivity contribution in [2.45, 2.75) is 51.7 Å². The highest BCUT2D eigenvalue weighted by Gasteiger charge is 2.24. The molecule has 0 amide bonds. The average Bonchev–Trinajstić information content (AvgIpc) is 3.61. The molecule has 2 N–H and O–H groups in total. The molecule has 10 nitrogen and oxygen atoms in total. The standard InChI is InChI=1S/C26H31N9O/c1-16(2)24-21-11-18(17-6-8-34(9-7-17)13-23-30-32-33(3)31-23)4-5-22(21)29-25(24)19-10-20(14-36)26-27-15-28-35(26)12-19/h4-5,10-12,15-17,29,36H,6-9,13-14H2,1-3H3. The quantitative estimate of drug-likeness (QED) is 0.379. The molecule has 0 bridgehead atoms. The largest absolute Gasteiger partial charge is 0.392 e. The molecule has 10 heteroatoms. The van der Waals surface area contributed by atoms with Crippen molar-refractivity contribution in [2.75, 3.05) is 13.1 Å². The van der Waals surface area contributed by atoms with Crippen LogP contribution in [-0.2, 0) is 20.2 Å². The van der Waals surface area contributed by atoms with Crippen molar-refractivity contribution in [3.8, 4) is 11.3 Å². The van der Waals surface area contributed by atoms with Crippen LogP contribution in [-0.4, -0.2) is 62.9 Å². The minimum Gasteiger partial charge on any atom is -0.392 e. The van der Waals surface area contributed by atoms with E-state index in [1.165, 1.54) is 27.6 Å². The molecule has 0 saturated carbocycles. The van der Waals surface area contributed by atoms with Gasteiger partial charge in [0.1, 0.15) is 6.33 Å². The Kier molecular flexibility index (Phi) is 5.77. The highest BCUT2D eigenvalue weighted by molar-refractivity contribution is 5.92. The van der Waals surface area contributed by atoms with Crippen LogP contribution in [0.3, 0.4) is 0 Å². The van der Waals surface area contributed by atoms with E-state index < -0.39 is 0 Å². The topological polar surface area (TPSA) is 113 Å². The summed E-state index contributed by atoms with van der Waals surface area (Å²) in [5.74, 6) is 1.65. The molecule has 36 heavy (non-hydrogen) atoms. The molecule has 4 aromatic heterocycles. The number of aliphatic hydroxyl groups excluding tert-OH is 1. The summed E-state index contributed by atoms with van der Waals surface area (Å²) in [6.45, 7) is 7.20. The fourth-order valence-corrected chi connectivity index (χ4v) is 5.57. The predicted octanol–water partition coefficient (Wildman–Crippen LogP) is 3.40. The third-order valence-corrected chi connectivity index (χ3v) is 7.32. The van der Waals surface area contributed by atoms with Crippen LogP contribution in [0.4, 0.5) is 0 Å². The van der Waals surface area contributed by atoms with Crippen LogP contribution in [0.2, 0.25) is 0 Å². The first-order valence-electron chi connectivity index (χ1n) is 12.5. The van der Waals surface area contributed by atoms with Gasteiger partial charge in [0.05, 0.1) is 25.9 Å². The number of aryl methyl sites for hydroxylation is 1. The number of rotatable bonds is 6. The molecule has 186 valence electrons. The molecule has 0 unspecified atom stereocenters.